The van der Waals surface area contributed by atoms with Gasteiger partial charge in [0, 0.05) is 0 Å². The molecular weight excluding hydrogens is 425 g/mol. The lowest BCUT2D eigenvalue weighted by Gasteiger charge is -2.06. The Morgan fingerprint density at radius 2 is 0.724 bits per heavy atom. The molecule has 0 amide bonds. The summed E-state index contributed by atoms with van der Waals surface area (Å²) in [5.41, 5.74) is 5.48. The Kier molecular flexibility index (Phi) is 46.2. The van der Waals surface area contributed by atoms with E-state index < -0.39 is 0 Å². The fourth-order valence-corrected chi connectivity index (χ4v) is 3.43. The van der Waals surface area contributed by atoms with Crippen LogP contribution in [-0.4, -0.2) is 32.7 Å². The Bertz CT molecular complexity index is 223. The van der Waals surface area contributed by atoms with E-state index in [2.05, 4.69) is 17.6 Å². The van der Waals surface area contributed by atoms with Crippen LogP contribution < -0.4 is 16.4 Å². The zero-order chi connectivity index (χ0) is 19.0. The quantitative estimate of drug-likeness (QED) is 0.138. The molecule has 0 aliphatic rings. The number of hydrogen-bond acceptors (Lipinski definition) is 3. The van der Waals surface area contributed by atoms with Crippen molar-refractivity contribution in [2.45, 2.75) is 116 Å². The molecule has 3 nitrogen and oxygen atoms in total. The van der Waals surface area contributed by atoms with E-state index in [1.54, 1.807) is 0 Å². The smallest absolute Gasteiger partial charge is 0.00368 e. The highest BCUT2D eigenvalue weighted by Crippen LogP contribution is 2.12. The van der Waals surface area contributed by atoms with Gasteiger partial charge in [-0.15, -0.1) is 37.2 Å². The molecule has 0 heterocycles. The van der Waals surface area contributed by atoms with Crippen molar-refractivity contribution in [3.05, 3.63) is 0 Å². The SMILES string of the molecule is CCCCCCCCCCCCCCCCNCCCNCCCCN.Cl.Cl.Cl. The minimum atomic E-state index is 0. The van der Waals surface area contributed by atoms with Gasteiger partial charge in [0.2, 0.25) is 0 Å². The van der Waals surface area contributed by atoms with Gasteiger partial charge in [0.05, 0.1) is 0 Å². The Morgan fingerprint density at radius 1 is 0.414 bits per heavy atom. The van der Waals surface area contributed by atoms with Crippen molar-refractivity contribution < 1.29 is 0 Å². The molecule has 0 saturated heterocycles. The maximum Gasteiger partial charge on any atom is -0.00368 e. The summed E-state index contributed by atoms with van der Waals surface area (Å²) >= 11 is 0. The lowest BCUT2D eigenvalue weighted by molar-refractivity contribution is 0.525. The van der Waals surface area contributed by atoms with Crippen molar-refractivity contribution >= 4 is 37.2 Å². The summed E-state index contributed by atoms with van der Waals surface area (Å²) in [6.45, 7) is 7.73. The summed E-state index contributed by atoms with van der Waals surface area (Å²) < 4.78 is 0. The summed E-state index contributed by atoms with van der Waals surface area (Å²) in [5, 5.41) is 7.05. The van der Waals surface area contributed by atoms with Crippen molar-refractivity contribution in [3.8, 4) is 0 Å². The van der Waals surface area contributed by atoms with Gasteiger partial charge in [-0.25, -0.2) is 0 Å². The number of halogens is 3. The third-order valence-corrected chi connectivity index (χ3v) is 5.22. The van der Waals surface area contributed by atoms with E-state index in [0.29, 0.717) is 0 Å². The molecule has 0 bridgehead atoms. The molecule has 29 heavy (non-hydrogen) atoms. The molecule has 4 N–H and O–H groups in total. The van der Waals surface area contributed by atoms with Gasteiger partial charge in [-0.3, -0.25) is 0 Å². The third kappa shape index (κ3) is 36.5. The van der Waals surface area contributed by atoms with Crippen molar-refractivity contribution in [3.63, 3.8) is 0 Å². The molecule has 0 rings (SSSR count). The van der Waals surface area contributed by atoms with Crippen LogP contribution in [0.4, 0.5) is 0 Å². The third-order valence-electron chi connectivity index (χ3n) is 5.22. The minimum absolute atomic E-state index is 0. The molecule has 0 spiro atoms. The molecule has 6 heteroatoms. The van der Waals surface area contributed by atoms with Crippen LogP contribution in [0.2, 0.25) is 0 Å². The first-order valence-corrected chi connectivity index (χ1v) is 12.0. The molecule has 0 fully saturated rings. The van der Waals surface area contributed by atoms with E-state index >= 15 is 0 Å². The molecule has 0 aliphatic carbocycles. The van der Waals surface area contributed by atoms with Crippen molar-refractivity contribution in [1.29, 1.82) is 0 Å². The van der Waals surface area contributed by atoms with Crippen LogP contribution in [0.5, 0.6) is 0 Å². The standard InChI is InChI=1S/C23H51N3.3ClH/c1-2-3-4-5-6-7-8-9-10-11-12-13-14-16-20-25-22-18-23-26-21-17-15-19-24;;;/h25-26H,2-24H2,1H3;3*1H. The van der Waals surface area contributed by atoms with E-state index in [-0.39, 0.29) is 37.2 Å². The van der Waals surface area contributed by atoms with Crippen LogP contribution in [0.3, 0.4) is 0 Å². The maximum absolute atomic E-state index is 5.48. The second kappa shape index (κ2) is 36.1. The number of hydrogen-bond donors (Lipinski definition) is 3. The molecule has 0 aliphatic heterocycles. The second-order valence-corrected chi connectivity index (χ2v) is 7.95. The van der Waals surface area contributed by atoms with Gasteiger partial charge in [0.15, 0.2) is 0 Å². The summed E-state index contributed by atoms with van der Waals surface area (Å²) in [6.07, 6.45) is 23.7. The van der Waals surface area contributed by atoms with Gasteiger partial charge in [-0.2, -0.15) is 0 Å². The summed E-state index contributed by atoms with van der Waals surface area (Å²) in [4.78, 5) is 0. The van der Waals surface area contributed by atoms with Crippen molar-refractivity contribution in [2.75, 3.05) is 32.7 Å². The van der Waals surface area contributed by atoms with Crippen LogP contribution in [0.1, 0.15) is 116 Å². The van der Waals surface area contributed by atoms with Gasteiger partial charge in [-0.05, 0) is 58.4 Å². The van der Waals surface area contributed by atoms with Crippen molar-refractivity contribution in [2.24, 2.45) is 5.73 Å². The fraction of sp³-hybridized carbons (Fsp3) is 1.00. The largest absolute Gasteiger partial charge is 0.330 e. The van der Waals surface area contributed by atoms with E-state index in [4.69, 9.17) is 5.73 Å². The zero-order valence-corrected chi connectivity index (χ0v) is 21.8. The molecule has 0 aromatic rings. The van der Waals surface area contributed by atoms with Crippen LogP contribution in [0.25, 0.3) is 0 Å². The van der Waals surface area contributed by atoms with Gasteiger partial charge in [0.25, 0.3) is 0 Å². The van der Waals surface area contributed by atoms with E-state index in [0.717, 1.165) is 32.6 Å². The molecule has 0 saturated carbocycles. The zero-order valence-electron chi connectivity index (χ0n) is 19.4. The Balaban J connectivity index is -0.00000104. The van der Waals surface area contributed by atoms with Crippen LogP contribution in [-0.2, 0) is 0 Å². The van der Waals surface area contributed by atoms with Crippen LogP contribution in [0.15, 0.2) is 0 Å². The molecular formula is C23H54Cl3N3. The molecule has 0 aromatic carbocycles. The lowest BCUT2D eigenvalue weighted by atomic mass is 10.0. The Morgan fingerprint density at radius 3 is 1.10 bits per heavy atom. The maximum atomic E-state index is 5.48. The topological polar surface area (TPSA) is 50.1 Å². The highest BCUT2D eigenvalue weighted by molar-refractivity contribution is 5.86. The first-order valence-electron chi connectivity index (χ1n) is 12.0. The summed E-state index contributed by atoms with van der Waals surface area (Å²) in [6, 6.07) is 0. The highest BCUT2D eigenvalue weighted by atomic mass is 35.5. The Hall–Kier alpha value is 0.750. The van der Waals surface area contributed by atoms with E-state index in [1.807, 2.05) is 0 Å². The number of rotatable bonds is 23. The molecule has 0 atom stereocenters. The number of nitrogens with one attached hydrogen (secondary N) is 2. The number of nitrogens with two attached hydrogens (primary N) is 1. The van der Waals surface area contributed by atoms with Gasteiger partial charge in [0.1, 0.15) is 0 Å². The van der Waals surface area contributed by atoms with E-state index in [1.165, 1.54) is 109 Å². The first-order chi connectivity index (χ1) is 12.9. The average molecular weight is 479 g/mol. The highest BCUT2D eigenvalue weighted by Gasteiger charge is 1.94. The first kappa shape index (κ1) is 37.1. The average Bonchev–Trinajstić information content (AvgIpc) is 2.66. The normalized spacial score (nSPS) is 10.1. The molecule has 0 aromatic heterocycles. The van der Waals surface area contributed by atoms with E-state index in [9.17, 15) is 0 Å². The van der Waals surface area contributed by atoms with Crippen molar-refractivity contribution in [1.82, 2.24) is 10.6 Å². The number of unbranched alkanes of at least 4 members (excludes halogenated alkanes) is 14. The summed E-state index contributed by atoms with van der Waals surface area (Å²) in [5.74, 6) is 0. The second-order valence-electron chi connectivity index (χ2n) is 7.95. The fourth-order valence-electron chi connectivity index (χ4n) is 3.43. The molecule has 0 unspecified atom stereocenters. The predicted octanol–water partition coefficient (Wildman–Crippen LogP) is 7.04. The van der Waals surface area contributed by atoms with Gasteiger partial charge < -0.3 is 16.4 Å². The Labute approximate surface area is 202 Å². The summed E-state index contributed by atoms with van der Waals surface area (Å²) in [7, 11) is 0. The monoisotopic (exact) mass is 477 g/mol. The lowest BCUT2D eigenvalue weighted by Crippen LogP contribution is -2.23. The van der Waals surface area contributed by atoms with Gasteiger partial charge in [-0.1, -0.05) is 90.4 Å². The minimum Gasteiger partial charge on any atom is -0.330 e. The molecule has 0 radical (unpaired) electrons. The van der Waals surface area contributed by atoms with Crippen LogP contribution >= 0.6 is 37.2 Å². The predicted molar refractivity (Wildman–Crippen MR) is 141 cm³/mol. The van der Waals surface area contributed by atoms with Gasteiger partial charge >= 0.3 is 0 Å². The molecule has 182 valence electrons. The van der Waals surface area contributed by atoms with Crippen LogP contribution in [0, 0.1) is 0 Å².